The van der Waals surface area contributed by atoms with Gasteiger partial charge in [-0.1, -0.05) is 13.8 Å². The van der Waals surface area contributed by atoms with Crippen LogP contribution in [0, 0.1) is 18.8 Å². The van der Waals surface area contributed by atoms with Crippen molar-refractivity contribution in [1.82, 2.24) is 15.2 Å². The Kier molecular flexibility index (Phi) is 5.17. The summed E-state index contributed by atoms with van der Waals surface area (Å²) in [6.07, 6.45) is 2.60. The number of carbonyl (C=O) groups is 1. The molecule has 2 rings (SSSR count). The Morgan fingerprint density at radius 1 is 1.52 bits per heavy atom. The standard InChI is InChI=1S/C16H25N3O2/c1-11(2)9-19-5-4-13(10-19)7-18-16(21)14-8-17-12(3)6-15(14)20/h6,8,11,13H,4-5,7,9-10H2,1-3H3,(H,17,20)(H,18,21)/t13-/m0/s1. The molecular formula is C16H25N3O2. The minimum Gasteiger partial charge on any atom is -0.364 e. The number of pyridine rings is 1. The van der Waals surface area contributed by atoms with Crippen LogP contribution in [-0.2, 0) is 0 Å². The smallest absolute Gasteiger partial charge is 0.256 e. The van der Waals surface area contributed by atoms with E-state index in [0.29, 0.717) is 18.4 Å². The number of aryl methyl sites for hydroxylation is 1. The zero-order chi connectivity index (χ0) is 15.4. The van der Waals surface area contributed by atoms with Gasteiger partial charge in [0.15, 0.2) is 5.43 Å². The molecule has 1 aliphatic rings. The van der Waals surface area contributed by atoms with E-state index in [1.54, 1.807) is 6.92 Å². The van der Waals surface area contributed by atoms with Crippen molar-refractivity contribution in [2.75, 3.05) is 26.2 Å². The van der Waals surface area contributed by atoms with Gasteiger partial charge in [-0.05, 0) is 31.7 Å². The second-order valence-electron chi connectivity index (χ2n) is 6.41. The fourth-order valence-corrected chi connectivity index (χ4v) is 2.84. The summed E-state index contributed by atoms with van der Waals surface area (Å²) in [6, 6.07) is 1.45. The highest BCUT2D eigenvalue weighted by Crippen LogP contribution is 2.16. The summed E-state index contributed by atoms with van der Waals surface area (Å²) < 4.78 is 0. The van der Waals surface area contributed by atoms with E-state index in [0.717, 1.165) is 31.7 Å². The summed E-state index contributed by atoms with van der Waals surface area (Å²) in [7, 11) is 0. The average Bonchev–Trinajstić information content (AvgIpc) is 2.82. The monoisotopic (exact) mass is 291 g/mol. The third-order valence-corrected chi connectivity index (χ3v) is 3.85. The van der Waals surface area contributed by atoms with Crippen LogP contribution in [0.3, 0.4) is 0 Å². The molecule has 2 N–H and O–H groups in total. The van der Waals surface area contributed by atoms with Crippen LogP contribution < -0.4 is 10.7 Å². The summed E-state index contributed by atoms with van der Waals surface area (Å²) in [6.45, 7) is 10.1. The number of amides is 1. The van der Waals surface area contributed by atoms with Crippen molar-refractivity contribution in [2.24, 2.45) is 11.8 Å². The predicted octanol–water partition coefficient (Wildman–Crippen LogP) is 1.39. The normalized spacial score (nSPS) is 19.1. The summed E-state index contributed by atoms with van der Waals surface area (Å²) in [4.78, 5) is 29.2. The predicted molar refractivity (Wildman–Crippen MR) is 83.5 cm³/mol. The van der Waals surface area contributed by atoms with E-state index >= 15 is 0 Å². The fourth-order valence-electron chi connectivity index (χ4n) is 2.84. The van der Waals surface area contributed by atoms with Gasteiger partial charge in [-0.2, -0.15) is 0 Å². The molecule has 1 fully saturated rings. The zero-order valence-corrected chi connectivity index (χ0v) is 13.1. The van der Waals surface area contributed by atoms with Gasteiger partial charge < -0.3 is 15.2 Å². The number of aromatic amines is 1. The molecule has 0 spiro atoms. The summed E-state index contributed by atoms with van der Waals surface area (Å²) >= 11 is 0. The number of likely N-dealkylation sites (tertiary alicyclic amines) is 1. The summed E-state index contributed by atoms with van der Waals surface area (Å²) in [5.74, 6) is 0.875. The molecule has 21 heavy (non-hydrogen) atoms. The van der Waals surface area contributed by atoms with Crippen molar-refractivity contribution in [1.29, 1.82) is 0 Å². The van der Waals surface area contributed by atoms with E-state index in [1.807, 2.05) is 0 Å². The lowest BCUT2D eigenvalue weighted by molar-refractivity contribution is 0.0946. The van der Waals surface area contributed by atoms with Crippen LogP contribution in [0.4, 0.5) is 0 Å². The molecule has 1 atom stereocenters. The van der Waals surface area contributed by atoms with E-state index in [1.165, 1.54) is 12.3 Å². The maximum Gasteiger partial charge on any atom is 0.256 e. The van der Waals surface area contributed by atoms with Gasteiger partial charge in [-0.15, -0.1) is 0 Å². The first-order valence-corrected chi connectivity index (χ1v) is 7.65. The third-order valence-electron chi connectivity index (χ3n) is 3.85. The van der Waals surface area contributed by atoms with Gasteiger partial charge >= 0.3 is 0 Å². The molecule has 0 bridgehead atoms. The van der Waals surface area contributed by atoms with E-state index in [-0.39, 0.29) is 16.9 Å². The Balaban J connectivity index is 1.83. The Bertz CT molecular complexity index is 551. The Morgan fingerprint density at radius 3 is 2.95 bits per heavy atom. The topological polar surface area (TPSA) is 65.2 Å². The molecule has 0 saturated carbocycles. The second kappa shape index (κ2) is 6.89. The first kappa shape index (κ1) is 15.8. The Labute approximate surface area is 125 Å². The van der Waals surface area contributed by atoms with Gasteiger partial charge in [0, 0.05) is 37.6 Å². The number of carbonyl (C=O) groups excluding carboxylic acids is 1. The van der Waals surface area contributed by atoms with Gasteiger partial charge in [-0.25, -0.2) is 0 Å². The lowest BCUT2D eigenvalue weighted by Gasteiger charge is -2.18. The highest BCUT2D eigenvalue weighted by atomic mass is 16.2. The van der Waals surface area contributed by atoms with E-state index in [9.17, 15) is 9.59 Å². The molecule has 1 saturated heterocycles. The maximum absolute atomic E-state index is 12.0. The molecule has 0 aliphatic carbocycles. The number of hydrogen-bond acceptors (Lipinski definition) is 3. The zero-order valence-electron chi connectivity index (χ0n) is 13.1. The Morgan fingerprint density at radius 2 is 2.29 bits per heavy atom. The number of H-pyrrole nitrogens is 1. The number of nitrogens with zero attached hydrogens (tertiary/aromatic N) is 1. The maximum atomic E-state index is 12.0. The lowest BCUT2D eigenvalue weighted by atomic mass is 10.1. The van der Waals surface area contributed by atoms with Crippen molar-refractivity contribution in [3.05, 3.63) is 33.7 Å². The first-order valence-electron chi connectivity index (χ1n) is 7.65. The van der Waals surface area contributed by atoms with Crippen LogP contribution in [0.2, 0.25) is 0 Å². The quantitative estimate of drug-likeness (QED) is 0.861. The molecule has 1 aliphatic heterocycles. The van der Waals surface area contributed by atoms with Crippen LogP contribution in [0.5, 0.6) is 0 Å². The van der Waals surface area contributed by atoms with Gasteiger partial charge in [0.05, 0.1) is 0 Å². The first-order chi connectivity index (χ1) is 9.95. The molecule has 0 aromatic carbocycles. The van der Waals surface area contributed by atoms with Gasteiger partial charge in [0.1, 0.15) is 5.56 Å². The number of hydrogen-bond donors (Lipinski definition) is 2. The van der Waals surface area contributed by atoms with Crippen molar-refractivity contribution >= 4 is 5.91 Å². The summed E-state index contributed by atoms with van der Waals surface area (Å²) in [5.41, 5.74) is 0.728. The van der Waals surface area contributed by atoms with E-state index < -0.39 is 0 Å². The van der Waals surface area contributed by atoms with Crippen molar-refractivity contribution in [2.45, 2.75) is 27.2 Å². The van der Waals surface area contributed by atoms with E-state index in [2.05, 4.69) is 29.0 Å². The SMILES string of the molecule is Cc1cc(=O)c(C(=O)NC[C@@H]2CCN(CC(C)C)C2)c[nH]1. The Hall–Kier alpha value is -1.62. The number of nitrogens with one attached hydrogen (secondary N) is 2. The van der Waals surface area contributed by atoms with Crippen LogP contribution in [0.25, 0.3) is 0 Å². The minimum absolute atomic E-state index is 0.192. The summed E-state index contributed by atoms with van der Waals surface area (Å²) in [5, 5.41) is 2.89. The van der Waals surface area contributed by atoms with E-state index in [4.69, 9.17) is 0 Å². The molecule has 0 radical (unpaired) electrons. The number of rotatable bonds is 5. The molecule has 116 valence electrons. The van der Waals surface area contributed by atoms with Crippen LogP contribution in [-0.4, -0.2) is 42.0 Å². The van der Waals surface area contributed by atoms with Crippen molar-refractivity contribution < 1.29 is 4.79 Å². The molecule has 5 nitrogen and oxygen atoms in total. The third kappa shape index (κ3) is 4.43. The molecule has 2 heterocycles. The number of aromatic nitrogens is 1. The molecular weight excluding hydrogens is 266 g/mol. The van der Waals surface area contributed by atoms with Crippen LogP contribution in [0.1, 0.15) is 36.3 Å². The highest BCUT2D eigenvalue weighted by Gasteiger charge is 2.23. The van der Waals surface area contributed by atoms with Gasteiger partial charge in [0.25, 0.3) is 5.91 Å². The minimum atomic E-state index is -0.279. The molecule has 1 aromatic heterocycles. The molecule has 5 heteroatoms. The average molecular weight is 291 g/mol. The van der Waals surface area contributed by atoms with Crippen molar-refractivity contribution in [3.8, 4) is 0 Å². The fraction of sp³-hybridized carbons (Fsp3) is 0.625. The van der Waals surface area contributed by atoms with Crippen LogP contribution >= 0.6 is 0 Å². The molecule has 0 unspecified atom stereocenters. The largest absolute Gasteiger partial charge is 0.364 e. The highest BCUT2D eigenvalue weighted by molar-refractivity contribution is 5.93. The molecule has 1 aromatic rings. The van der Waals surface area contributed by atoms with Gasteiger partial charge in [-0.3, -0.25) is 9.59 Å². The lowest BCUT2D eigenvalue weighted by Crippen LogP contribution is -2.34. The molecule has 1 amide bonds. The van der Waals surface area contributed by atoms with Gasteiger partial charge in [0.2, 0.25) is 0 Å². The van der Waals surface area contributed by atoms with Crippen molar-refractivity contribution in [3.63, 3.8) is 0 Å². The second-order valence-corrected chi connectivity index (χ2v) is 6.41. The van der Waals surface area contributed by atoms with Crippen LogP contribution in [0.15, 0.2) is 17.1 Å².